The second-order valence-electron chi connectivity index (χ2n) is 5.10. The molecule has 7 heteroatoms. The number of urea groups is 1. The number of carbonyl (C=O) groups excluding carboxylic acids is 1. The van der Waals surface area contributed by atoms with Crippen molar-refractivity contribution in [1.82, 2.24) is 5.32 Å². The highest BCUT2D eigenvalue weighted by Gasteiger charge is 2.20. The first kappa shape index (κ1) is 17.5. The van der Waals surface area contributed by atoms with Gasteiger partial charge in [0.2, 0.25) is 0 Å². The Kier molecular flexibility index (Phi) is 6.64. The average Bonchev–Trinajstić information content (AvgIpc) is 2.69. The number of aromatic carboxylic acids is 1. The van der Waals surface area contributed by atoms with Crippen molar-refractivity contribution < 1.29 is 19.8 Å². The second kappa shape index (κ2) is 7.99. The Morgan fingerprint density at radius 2 is 2.00 bits per heavy atom. The van der Waals surface area contributed by atoms with Crippen molar-refractivity contribution >= 4 is 28.3 Å². The summed E-state index contributed by atoms with van der Waals surface area (Å²) in [5.74, 6) is -0.819. The summed E-state index contributed by atoms with van der Waals surface area (Å²) >= 11 is 1.26. The molecule has 4 N–H and O–H groups in total. The molecule has 0 fully saturated rings. The molecule has 0 aromatic carbocycles. The van der Waals surface area contributed by atoms with E-state index in [1.54, 1.807) is 6.92 Å². The molecule has 2 amide bonds. The number of hydrogen-bond acceptors (Lipinski definition) is 4. The van der Waals surface area contributed by atoms with Gasteiger partial charge in [-0.2, -0.15) is 0 Å². The van der Waals surface area contributed by atoms with E-state index in [0.717, 1.165) is 17.7 Å². The lowest BCUT2D eigenvalue weighted by atomic mass is 10.1. The summed E-state index contributed by atoms with van der Waals surface area (Å²) in [6, 6.07) is -0.407. The maximum Gasteiger partial charge on any atom is 0.338 e. The fourth-order valence-electron chi connectivity index (χ4n) is 1.86. The van der Waals surface area contributed by atoms with E-state index in [-0.39, 0.29) is 18.1 Å². The van der Waals surface area contributed by atoms with Crippen LogP contribution in [0.2, 0.25) is 0 Å². The predicted molar refractivity (Wildman–Crippen MR) is 83.3 cm³/mol. The molecule has 1 aromatic heterocycles. The molecule has 0 bridgehead atoms. The third-order valence-electron chi connectivity index (χ3n) is 3.30. The lowest BCUT2D eigenvalue weighted by Crippen LogP contribution is -2.30. The molecule has 1 aromatic rings. The van der Waals surface area contributed by atoms with Crippen LogP contribution in [-0.4, -0.2) is 35.4 Å². The monoisotopic (exact) mass is 314 g/mol. The molecule has 0 saturated heterocycles. The van der Waals surface area contributed by atoms with Crippen LogP contribution in [0, 0.1) is 19.8 Å². The number of nitrogens with one attached hydrogen (secondary N) is 2. The molecule has 1 rings (SSSR count). The number of hydrogen-bond donors (Lipinski definition) is 4. The largest absolute Gasteiger partial charge is 0.478 e. The topological polar surface area (TPSA) is 98.7 Å². The number of anilines is 1. The normalized spacial score (nSPS) is 12.0. The fraction of sp³-hybridized carbons (Fsp3) is 0.571. The Balaban J connectivity index is 2.52. The van der Waals surface area contributed by atoms with Crippen LogP contribution < -0.4 is 10.6 Å². The van der Waals surface area contributed by atoms with E-state index in [4.69, 9.17) is 5.11 Å². The van der Waals surface area contributed by atoms with Gasteiger partial charge < -0.3 is 15.5 Å². The Bertz CT molecular complexity index is 513. The maximum absolute atomic E-state index is 11.8. The number of rotatable bonds is 7. The van der Waals surface area contributed by atoms with Crippen molar-refractivity contribution in [3.63, 3.8) is 0 Å². The van der Waals surface area contributed by atoms with Crippen LogP contribution in [0.15, 0.2) is 0 Å². The molecule has 1 heterocycles. The molecular weight excluding hydrogens is 292 g/mol. The van der Waals surface area contributed by atoms with Gasteiger partial charge in [0, 0.05) is 18.0 Å². The lowest BCUT2D eigenvalue weighted by molar-refractivity contribution is 0.0697. The number of aliphatic hydroxyl groups excluding tert-OH is 1. The Hall–Kier alpha value is -1.60. The van der Waals surface area contributed by atoms with Crippen LogP contribution in [0.1, 0.15) is 40.6 Å². The molecular formula is C14H22N2O4S. The number of carbonyl (C=O) groups is 2. The highest BCUT2D eigenvalue weighted by Crippen LogP contribution is 2.32. The number of aryl methyl sites for hydroxylation is 1. The minimum Gasteiger partial charge on any atom is -0.478 e. The summed E-state index contributed by atoms with van der Waals surface area (Å²) in [7, 11) is 0. The van der Waals surface area contributed by atoms with Crippen molar-refractivity contribution in [2.45, 2.75) is 33.6 Å². The van der Waals surface area contributed by atoms with E-state index < -0.39 is 12.0 Å². The van der Waals surface area contributed by atoms with Gasteiger partial charge >= 0.3 is 12.0 Å². The molecule has 1 atom stereocenters. The molecule has 0 spiro atoms. The minimum atomic E-state index is -1.04. The quantitative estimate of drug-likeness (QED) is 0.581. The van der Waals surface area contributed by atoms with Gasteiger partial charge in [0.15, 0.2) is 0 Å². The summed E-state index contributed by atoms with van der Waals surface area (Å²) < 4.78 is 0. The van der Waals surface area contributed by atoms with Crippen LogP contribution in [0.5, 0.6) is 0 Å². The first-order chi connectivity index (χ1) is 9.86. The first-order valence-electron chi connectivity index (χ1n) is 6.85. The summed E-state index contributed by atoms with van der Waals surface area (Å²) in [6.07, 6.45) is 1.60. The molecule has 0 aliphatic rings. The smallest absolute Gasteiger partial charge is 0.338 e. The summed E-state index contributed by atoms with van der Waals surface area (Å²) in [5, 5.41) is 23.7. The molecule has 0 aliphatic carbocycles. The van der Waals surface area contributed by atoms with E-state index in [1.165, 1.54) is 11.3 Å². The van der Waals surface area contributed by atoms with E-state index in [1.807, 2.05) is 13.8 Å². The van der Waals surface area contributed by atoms with Crippen molar-refractivity contribution in [3.8, 4) is 0 Å². The molecule has 0 aliphatic heterocycles. The van der Waals surface area contributed by atoms with Crippen molar-refractivity contribution in [2.24, 2.45) is 5.92 Å². The van der Waals surface area contributed by atoms with Crippen molar-refractivity contribution in [2.75, 3.05) is 18.5 Å². The van der Waals surface area contributed by atoms with Gasteiger partial charge in [-0.3, -0.25) is 5.32 Å². The zero-order valence-corrected chi connectivity index (χ0v) is 13.3. The molecule has 118 valence electrons. The number of carboxylic acid groups (broad SMARTS) is 1. The van der Waals surface area contributed by atoms with Gasteiger partial charge in [0.1, 0.15) is 5.00 Å². The Morgan fingerprint density at radius 1 is 1.33 bits per heavy atom. The standard InChI is InChI=1S/C14H22N2O4S/c1-8(7-17)5-4-6-15-14(20)16-12-11(13(18)19)9(2)10(3)21-12/h8,17H,4-7H2,1-3H3,(H,18,19)(H2,15,16,20). The molecule has 6 nitrogen and oxygen atoms in total. The predicted octanol–water partition coefficient (Wildman–Crippen LogP) is 2.59. The molecule has 0 saturated carbocycles. The van der Waals surface area contributed by atoms with Gasteiger partial charge in [-0.25, -0.2) is 9.59 Å². The Labute approximate surface area is 128 Å². The van der Waals surface area contributed by atoms with E-state index in [2.05, 4.69) is 10.6 Å². The van der Waals surface area contributed by atoms with Crippen LogP contribution >= 0.6 is 11.3 Å². The van der Waals surface area contributed by atoms with Crippen molar-refractivity contribution in [1.29, 1.82) is 0 Å². The SMILES string of the molecule is Cc1sc(NC(=O)NCCCC(C)CO)c(C(=O)O)c1C. The minimum absolute atomic E-state index is 0.141. The number of amides is 2. The van der Waals surface area contributed by atoms with Gasteiger partial charge in [-0.15, -0.1) is 11.3 Å². The fourth-order valence-corrected chi connectivity index (χ4v) is 2.91. The molecule has 1 unspecified atom stereocenters. The van der Waals surface area contributed by atoms with E-state index >= 15 is 0 Å². The third-order valence-corrected chi connectivity index (χ3v) is 4.42. The highest BCUT2D eigenvalue weighted by molar-refractivity contribution is 7.16. The Morgan fingerprint density at radius 3 is 2.57 bits per heavy atom. The van der Waals surface area contributed by atoms with Crippen LogP contribution in [-0.2, 0) is 0 Å². The van der Waals surface area contributed by atoms with Crippen LogP contribution in [0.25, 0.3) is 0 Å². The van der Waals surface area contributed by atoms with Crippen LogP contribution in [0.3, 0.4) is 0 Å². The lowest BCUT2D eigenvalue weighted by Gasteiger charge is -2.09. The first-order valence-corrected chi connectivity index (χ1v) is 7.67. The summed E-state index contributed by atoms with van der Waals surface area (Å²) in [6.45, 7) is 6.13. The molecule has 21 heavy (non-hydrogen) atoms. The zero-order valence-electron chi connectivity index (χ0n) is 12.5. The summed E-state index contributed by atoms with van der Waals surface area (Å²) in [5.41, 5.74) is 0.834. The third kappa shape index (κ3) is 5.02. The number of thiophene rings is 1. The van der Waals surface area contributed by atoms with E-state index in [0.29, 0.717) is 17.1 Å². The van der Waals surface area contributed by atoms with Gasteiger partial charge in [-0.1, -0.05) is 6.92 Å². The van der Waals surface area contributed by atoms with Crippen molar-refractivity contribution in [3.05, 3.63) is 16.0 Å². The van der Waals surface area contributed by atoms with Gasteiger partial charge in [0.25, 0.3) is 0 Å². The van der Waals surface area contributed by atoms with E-state index in [9.17, 15) is 14.7 Å². The van der Waals surface area contributed by atoms with Gasteiger partial charge in [0.05, 0.1) is 5.56 Å². The van der Waals surface area contributed by atoms with Crippen LogP contribution in [0.4, 0.5) is 9.80 Å². The molecule has 0 radical (unpaired) electrons. The maximum atomic E-state index is 11.8. The zero-order chi connectivity index (χ0) is 16.0. The summed E-state index contributed by atoms with van der Waals surface area (Å²) in [4.78, 5) is 23.9. The second-order valence-corrected chi connectivity index (χ2v) is 6.33. The highest BCUT2D eigenvalue weighted by atomic mass is 32.1. The number of carboxylic acids is 1. The number of aliphatic hydroxyl groups is 1. The average molecular weight is 314 g/mol. The van der Waals surface area contributed by atoms with Gasteiger partial charge in [-0.05, 0) is 38.2 Å².